The van der Waals surface area contributed by atoms with Gasteiger partial charge >= 0.3 is 0 Å². The fraction of sp³-hybridized carbons (Fsp3) is 0.368. The van der Waals surface area contributed by atoms with Crippen LogP contribution < -0.4 is 14.8 Å². The highest BCUT2D eigenvalue weighted by molar-refractivity contribution is 6.01. The molecule has 0 bridgehead atoms. The van der Waals surface area contributed by atoms with Crippen molar-refractivity contribution in [1.82, 2.24) is 10.2 Å². The van der Waals surface area contributed by atoms with Crippen LogP contribution in [0.3, 0.4) is 0 Å². The van der Waals surface area contributed by atoms with Crippen LogP contribution in [0.1, 0.15) is 42.0 Å². The third-order valence-electron chi connectivity index (χ3n) is 5.04. The number of carbonyl (C=O) groups excluding carboxylic acids is 1. The van der Waals surface area contributed by atoms with Crippen molar-refractivity contribution in [2.75, 3.05) is 19.5 Å². The molecule has 6 heteroatoms. The van der Waals surface area contributed by atoms with Gasteiger partial charge in [-0.3, -0.25) is 9.89 Å². The maximum absolute atomic E-state index is 12.7. The molecule has 130 valence electrons. The first-order chi connectivity index (χ1) is 12.1. The summed E-state index contributed by atoms with van der Waals surface area (Å²) in [6, 6.07) is 5.84. The molecule has 0 amide bonds. The summed E-state index contributed by atoms with van der Waals surface area (Å²) >= 11 is 0. The number of methoxy groups -OCH3 is 2. The lowest BCUT2D eigenvalue weighted by Crippen LogP contribution is -2.26. The number of H-pyrrole nitrogens is 1. The zero-order valence-electron chi connectivity index (χ0n) is 14.6. The van der Waals surface area contributed by atoms with Gasteiger partial charge in [0.15, 0.2) is 23.1 Å². The van der Waals surface area contributed by atoms with Crippen molar-refractivity contribution < 1.29 is 14.3 Å². The summed E-state index contributed by atoms with van der Waals surface area (Å²) in [7, 11) is 3.24. The van der Waals surface area contributed by atoms with Crippen LogP contribution in [0.5, 0.6) is 11.5 Å². The number of allylic oxidation sites excluding steroid dienone is 2. The van der Waals surface area contributed by atoms with Crippen LogP contribution in [-0.4, -0.2) is 30.2 Å². The largest absolute Gasteiger partial charge is 0.493 e. The average Bonchev–Trinajstić information content (AvgIpc) is 3.00. The minimum Gasteiger partial charge on any atom is -0.493 e. The average molecular weight is 339 g/mol. The van der Waals surface area contributed by atoms with Gasteiger partial charge in [-0.05, 0) is 37.5 Å². The number of hydrogen-bond donors (Lipinski definition) is 2. The molecule has 2 heterocycles. The van der Waals surface area contributed by atoms with E-state index in [0.717, 1.165) is 46.8 Å². The van der Waals surface area contributed by atoms with E-state index < -0.39 is 0 Å². The zero-order valence-corrected chi connectivity index (χ0v) is 14.6. The summed E-state index contributed by atoms with van der Waals surface area (Å²) in [5.74, 6) is 2.21. The summed E-state index contributed by atoms with van der Waals surface area (Å²) in [6.07, 6.45) is 2.34. The van der Waals surface area contributed by atoms with Crippen LogP contribution in [0.4, 0.5) is 5.82 Å². The summed E-state index contributed by atoms with van der Waals surface area (Å²) in [5.41, 5.74) is 4.85. The number of rotatable bonds is 3. The Hall–Kier alpha value is -2.76. The van der Waals surface area contributed by atoms with E-state index in [1.807, 2.05) is 25.1 Å². The zero-order chi connectivity index (χ0) is 17.6. The maximum atomic E-state index is 12.7. The minimum atomic E-state index is -0.141. The third-order valence-corrected chi connectivity index (χ3v) is 5.04. The molecule has 25 heavy (non-hydrogen) atoms. The van der Waals surface area contributed by atoms with Crippen LogP contribution in [0.25, 0.3) is 0 Å². The Morgan fingerprint density at radius 1 is 1.16 bits per heavy atom. The van der Waals surface area contributed by atoms with Gasteiger partial charge in [-0.1, -0.05) is 6.07 Å². The highest BCUT2D eigenvalue weighted by atomic mass is 16.5. The fourth-order valence-electron chi connectivity index (χ4n) is 3.87. The van der Waals surface area contributed by atoms with E-state index in [4.69, 9.17) is 9.47 Å². The minimum absolute atomic E-state index is 0.141. The number of aromatic nitrogens is 2. The number of ketones is 1. The predicted molar refractivity (Wildman–Crippen MR) is 94.2 cm³/mol. The molecule has 2 N–H and O–H groups in total. The molecule has 2 aliphatic rings. The second-order valence-electron chi connectivity index (χ2n) is 6.45. The topological polar surface area (TPSA) is 76.2 Å². The van der Waals surface area contributed by atoms with Crippen molar-refractivity contribution in [3.63, 3.8) is 0 Å². The fourth-order valence-corrected chi connectivity index (χ4v) is 3.87. The van der Waals surface area contributed by atoms with Gasteiger partial charge in [-0.25, -0.2) is 0 Å². The molecular weight excluding hydrogens is 318 g/mol. The number of nitrogens with one attached hydrogen (secondary N) is 2. The number of benzene rings is 1. The first kappa shape index (κ1) is 15.7. The van der Waals surface area contributed by atoms with Crippen LogP contribution in [0.15, 0.2) is 29.5 Å². The lowest BCUT2D eigenvalue weighted by atomic mass is 9.76. The van der Waals surface area contributed by atoms with E-state index in [-0.39, 0.29) is 11.7 Å². The molecular formula is C19H21N3O3. The van der Waals surface area contributed by atoms with E-state index >= 15 is 0 Å². The quantitative estimate of drug-likeness (QED) is 0.897. The molecule has 2 aromatic rings. The standard InChI is InChI=1S/C19H21N3O3/c1-10-16-17(11-7-8-14(24-2)15(9-11)25-3)18-12(5-4-6-13(18)23)20-19(16)22-21-10/h7-9,17H,4-6H2,1-3H3,(H2,20,21,22)/t17-/m1/s1. The monoisotopic (exact) mass is 339 g/mol. The van der Waals surface area contributed by atoms with Crippen molar-refractivity contribution in [1.29, 1.82) is 0 Å². The van der Waals surface area contributed by atoms with Crippen LogP contribution in [0, 0.1) is 6.92 Å². The Labute approximate surface area is 146 Å². The lowest BCUT2D eigenvalue weighted by Gasteiger charge is -2.32. The van der Waals surface area contributed by atoms with Crippen molar-refractivity contribution in [3.8, 4) is 11.5 Å². The first-order valence-corrected chi connectivity index (χ1v) is 8.44. The van der Waals surface area contributed by atoms with Gasteiger partial charge in [0.05, 0.1) is 14.2 Å². The SMILES string of the molecule is COc1ccc([C@H]2C3=C(CCCC3=O)Nc3n[nH]c(C)c32)cc1OC. The van der Waals surface area contributed by atoms with E-state index in [1.54, 1.807) is 14.2 Å². The molecule has 1 aliphatic carbocycles. The number of anilines is 1. The molecule has 6 nitrogen and oxygen atoms in total. The Balaban J connectivity index is 1.92. The molecule has 0 saturated heterocycles. The summed E-state index contributed by atoms with van der Waals surface area (Å²) < 4.78 is 10.8. The van der Waals surface area contributed by atoms with Gasteiger partial charge in [-0.2, -0.15) is 5.10 Å². The Kier molecular flexibility index (Phi) is 3.75. The van der Waals surface area contributed by atoms with Gasteiger partial charge in [0.25, 0.3) is 0 Å². The maximum Gasteiger partial charge on any atom is 0.161 e. The number of hydrogen-bond acceptors (Lipinski definition) is 5. The molecule has 4 rings (SSSR count). The predicted octanol–water partition coefficient (Wildman–Crippen LogP) is 3.30. The third kappa shape index (κ3) is 2.40. The molecule has 1 atom stereocenters. The second kappa shape index (κ2) is 5.95. The highest BCUT2D eigenvalue weighted by Gasteiger charge is 2.37. The smallest absolute Gasteiger partial charge is 0.161 e. The summed E-state index contributed by atoms with van der Waals surface area (Å²) in [5, 5.41) is 10.8. The molecule has 1 aliphatic heterocycles. The lowest BCUT2D eigenvalue weighted by molar-refractivity contribution is -0.116. The number of nitrogens with zero attached hydrogens (tertiary/aromatic N) is 1. The van der Waals surface area contributed by atoms with Crippen molar-refractivity contribution in [2.45, 2.75) is 32.1 Å². The highest BCUT2D eigenvalue weighted by Crippen LogP contribution is 2.47. The van der Waals surface area contributed by atoms with Gasteiger partial charge in [0, 0.05) is 34.9 Å². The number of aromatic amines is 1. The van der Waals surface area contributed by atoms with E-state index in [9.17, 15) is 4.79 Å². The normalized spacial score (nSPS) is 19.2. The van der Waals surface area contributed by atoms with E-state index in [1.165, 1.54) is 0 Å². The Morgan fingerprint density at radius 2 is 1.96 bits per heavy atom. The molecule has 0 saturated carbocycles. The number of carbonyl (C=O) groups is 1. The number of fused-ring (bicyclic) bond motifs is 1. The number of ether oxygens (including phenoxy) is 2. The van der Waals surface area contributed by atoms with Gasteiger partial charge < -0.3 is 14.8 Å². The summed E-state index contributed by atoms with van der Waals surface area (Å²) in [6.45, 7) is 1.99. The van der Waals surface area contributed by atoms with Crippen molar-refractivity contribution in [2.24, 2.45) is 0 Å². The van der Waals surface area contributed by atoms with E-state index in [2.05, 4.69) is 15.5 Å². The molecule has 0 spiro atoms. The number of Topliss-reactive ketones (excluding diaryl/α,β-unsaturated/α-hetero) is 1. The van der Waals surface area contributed by atoms with Gasteiger partial charge in [0.1, 0.15) is 0 Å². The van der Waals surface area contributed by atoms with Crippen LogP contribution >= 0.6 is 0 Å². The molecule has 0 fully saturated rings. The second-order valence-corrected chi connectivity index (χ2v) is 6.45. The van der Waals surface area contributed by atoms with Crippen molar-refractivity contribution >= 4 is 11.6 Å². The van der Waals surface area contributed by atoms with Crippen LogP contribution in [-0.2, 0) is 4.79 Å². The van der Waals surface area contributed by atoms with Crippen molar-refractivity contribution in [3.05, 3.63) is 46.3 Å². The Morgan fingerprint density at radius 3 is 2.72 bits per heavy atom. The van der Waals surface area contributed by atoms with E-state index in [0.29, 0.717) is 17.9 Å². The molecule has 1 aromatic heterocycles. The molecule has 1 aromatic carbocycles. The Bertz CT molecular complexity index is 882. The number of aryl methyl sites for hydroxylation is 1. The summed E-state index contributed by atoms with van der Waals surface area (Å²) in [4.78, 5) is 12.7. The van der Waals surface area contributed by atoms with Gasteiger partial charge in [-0.15, -0.1) is 0 Å². The van der Waals surface area contributed by atoms with Crippen LogP contribution in [0.2, 0.25) is 0 Å². The molecule has 0 unspecified atom stereocenters. The van der Waals surface area contributed by atoms with Gasteiger partial charge in [0.2, 0.25) is 0 Å². The first-order valence-electron chi connectivity index (χ1n) is 8.44. The molecule has 0 radical (unpaired) electrons.